The number of amides is 2. The largest absolute Gasteiger partial charge is 0.375 e. The summed E-state index contributed by atoms with van der Waals surface area (Å²) in [7, 11) is 0. The van der Waals surface area contributed by atoms with Crippen LogP contribution < -0.4 is 5.32 Å². The second-order valence-electron chi connectivity index (χ2n) is 7.80. The maximum absolute atomic E-state index is 12.7. The first-order valence-electron chi connectivity index (χ1n) is 9.38. The molecule has 1 N–H and O–H groups in total. The summed E-state index contributed by atoms with van der Waals surface area (Å²) in [4.78, 5) is 14.6. The monoisotopic (exact) mass is 324 g/mol. The zero-order valence-corrected chi connectivity index (χ0v) is 14.7. The third kappa shape index (κ3) is 4.00. The lowest BCUT2D eigenvalue weighted by Crippen LogP contribution is -2.57. The number of ether oxygens (including phenoxy) is 2. The Hall–Kier alpha value is -0.810. The summed E-state index contributed by atoms with van der Waals surface area (Å²) >= 11 is 0. The van der Waals surface area contributed by atoms with Crippen molar-refractivity contribution in [3.8, 4) is 0 Å². The third-order valence-electron chi connectivity index (χ3n) is 5.96. The Bertz CT molecular complexity index is 417. The molecule has 3 rings (SSSR count). The average Bonchev–Trinajstić information content (AvgIpc) is 2.56. The van der Waals surface area contributed by atoms with Crippen molar-refractivity contribution in [3.63, 3.8) is 0 Å². The molecular formula is C18H32N2O3. The fourth-order valence-electron chi connectivity index (χ4n) is 4.28. The van der Waals surface area contributed by atoms with Crippen molar-refractivity contribution in [2.45, 2.75) is 82.5 Å². The van der Waals surface area contributed by atoms with Gasteiger partial charge in [-0.3, -0.25) is 0 Å². The zero-order chi connectivity index (χ0) is 16.3. The number of hydrogen-bond donors (Lipinski definition) is 1. The van der Waals surface area contributed by atoms with Gasteiger partial charge in [0.1, 0.15) is 0 Å². The van der Waals surface area contributed by atoms with Crippen molar-refractivity contribution in [1.29, 1.82) is 0 Å². The normalized spacial score (nSPS) is 34.3. The fourth-order valence-corrected chi connectivity index (χ4v) is 4.28. The van der Waals surface area contributed by atoms with Gasteiger partial charge in [0.05, 0.1) is 24.4 Å². The second kappa shape index (κ2) is 6.98. The van der Waals surface area contributed by atoms with Crippen LogP contribution in [0.25, 0.3) is 0 Å². The maximum Gasteiger partial charge on any atom is 0.317 e. The van der Waals surface area contributed by atoms with E-state index in [0.29, 0.717) is 19.7 Å². The molecule has 0 radical (unpaired) electrons. The zero-order valence-electron chi connectivity index (χ0n) is 14.7. The lowest BCUT2D eigenvalue weighted by atomic mass is 9.78. The average molecular weight is 324 g/mol. The van der Waals surface area contributed by atoms with Crippen LogP contribution in [-0.4, -0.2) is 54.5 Å². The SMILES string of the molecule is CCC1(C)CN(C(=O)NC2CCOC3(CCCCC3)C2)CCO1. The summed E-state index contributed by atoms with van der Waals surface area (Å²) in [6.45, 7) is 7.00. The number of urea groups is 1. The molecule has 2 atom stereocenters. The molecule has 0 aromatic rings. The Balaban J connectivity index is 1.55. The van der Waals surface area contributed by atoms with Crippen molar-refractivity contribution in [2.24, 2.45) is 0 Å². The smallest absolute Gasteiger partial charge is 0.317 e. The van der Waals surface area contributed by atoms with E-state index in [-0.39, 0.29) is 23.3 Å². The van der Waals surface area contributed by atoms with E-state index in [1.54, 1.807) is 0 Å². The van der Waals surface area contributed by atoms with Gasteiger partial charge in [0.2, 0.25) is 0 Å². The van der Waals surface area contributed by atoms with Gasteiger partial charge in [-0.15, -0.1) is 0 Å². The minimum Gasteiger partial charge on any atom is -0.375 e. The summed E-state index contributed by atoms with van der Waals surface area (Å²) < 4.78 is 12.0. The van der Waals surface area contributed by atoms with E-state index in [1.165, 1.54) is 19.3 Å². The molecule has 0 bridgehead atoms. The Morgan fingerprint density at radius 2 is 2.00 bits per heavy atom. The van der Waals surface area contributed by atoms with Crippen molar-refractivity contribution in [2.75, 3.05) is 26.3 Å². The molecule has 3 aliphatic rings. The molecule has 3 fully saturated rings. The van der Waals surface area contributed by atoms with E-state index in [2.05, 4.69) is 19.2 Å². The number of rotatable bonds is 2. The van der Waals surface area contributed by atoms with Gasteiger partial charge in [-0.1, -0.05) is 26.2 Å². The molecule has 23 heavy (non-hydrogen) atoms. The quantitative estimate of drug-likeness (QED) is 0.849. The van der Waals surface area contributed by atoms with Gasteiger partial charge in [0, 0.05) is 19.2 Å². The molecule has 132 valence electrons. The van der Waals surface area contributed by atoms with E-state index < -0.39 is 0 Å². The molecule has 0 aromatic carbocycles. The highest BCUT2D eigenvalue weighted by Crippen LogP contribution is 2.38. The highest BCUT2D eigenvalue weighted by atomic mass is 16.5. The van der Waals surface area contributed by atoms with Crippen molar-refractivity contribution in [3.05, 3.63) is 0 Å². The molecule has 2 unspecified atom stereocenters. The molecule has 1 aliphatic carbocycles. The van der Waals surface area contributed by atoms with E-state index in [9.17, 15) is 4.79 Å². The Morgan fingerprint density at radius 3 is 2.74 bits per heavy atom. The first-order valence-corrected chi connectivity index (χ1v) is 9.38. The number of carbonyl (C=O) groups is 1. The van der Waals surface area contributed by atoms with Crippen molar-refractivity contribution < 1.29 is 14.3 Å². The molecule has 5 nitrogen and oxygen atoms in total. The van der Waals surface area contributed by atoms with E-state index in [0.717, 1.165) is 38.7 Å². The summed E-state index contributed by atoms with van der Waals surface area (Å²) in [6, 6.07) is 0.330. The number of nitrogens with one attached hydrogen (secondary N) is 1. The van der Waals surface area contributed by atoms with Gasteiger partial charge in [0.15, 0.2) is 0 Å². The highest BCUT2D eigenvalue weighted by molar-refractivity contribution is 5.74. The molecule has 1 spiro atoms. The first-order chi connectivity index (χ1) is 11.0. The first kappa shape index (κ1) is 17.0. The van der Waals surface area contributed by atoms with Crippen LogP contribution in [0.3, 0.4) is 0 Å². The van der Waals surface area contributed by atoms with Crippen LogP contribution in [0.2, 0.25) is 0 Å². The summed E-state index contributed by atoms with van der Waals surface area (Å²) in [5.74, 6) is 0. The van der Waals surface area contributed by atoms with E-state index >= 15 is 0 Å². The van der Waals surface area contributed by atoms with Gasteiger partial charge >= 0.3 is 6.03 Å². The van der Waals surface area contributed by atoms with Crippen LogP contribution in [0.1, 0.15) is 65.2 Å². The van der Waals surface area contributed by atoms with Gasteiger partial charge < -0.3 is 19.7 Å². The number of morpholine rings is 1. The molecular weight excluding hydrogens is 292 g/mol. The van der Waals surface area contributed by atoms with Gasteiger partial charge in [-0.2, -0.15) is 0 Å². The van der Waals surface area contributed by atoms with Crippen LogP contribution in [-0.2, 0) is 9.47 Å². The summed E-state index contributed by atoms with van der Waals surface area (Å²) in [6.07, 6.45) is 9.01. The van der Waals surface area contributed by atoms with Crippen LogP contribution in [0.4, 0.5) is 4.79 Å². The summed E-state index contributed by atoms with van der Waals surface area (Å²) in [5, 5.41) is 3.27. The Kier molecular flexibility index (Phi) is 5.16. The predicted molar refractivity (Wildman–Crippen MR) is 89.5 cm³/mol. The molecule has 2 amide bonds. The Morgan fingerprint density at radius 1 is 1.22 bits per heavy atom. The van der Waals surface area contributed by atoms with E-state index in [4.69, 9.17) is 9.47 Å². The predicted octanol–water partition coefficient (Wildman–Crippen LogP) is 3.08. The maximum atomic E-state index is 12.7. The van der Waals surface area contributed by atoms with Gasteiger partial charge in [0.25, 0.3) is 0 Å². The van der Waals surface area contributed by atoms with Gasteiger partial charge in [-0.05, 0) is 39.0 Å². The van der Waals surface area contributed by atoms with Crippen LogP contribution >= 0.6 is 0 Å². The third-order valence-corrected chi connectivity index (χ3v) is 5.96. The minimum atomic E-state index is -0.199. The van der Waals surface area contributed by atoms with Crippen molar-refractivity contribution >= 4 is 6.03 Å². The molecule has 0 aromatic heterocycles. The summed E-state index contributed by atoms with van der Waals surface area (Å²) in [5.41, 5.74) is -0.159. The number of hydrogen-bond acceptors (Lipinski definition) is 3. The van der Waals surface area contributed by atoms with Crippen LogP contribution in [0.15, 0.2) is 0 Å². The van der Waals surface area contributed by atoms with Crippen LogP contribution in [0, 0.1) is 0 Å². The molecule has 2 heterocycles. The van der Waals surface area contributed by atoms with Gasteiger partial charge in [-0.25, -0.2) is 4.79 Å². The molecule has 2 aliphatic heterocycles. The second-order valence-corrected chi connectivity index (χ2v) is 7.80. The molecule has 2 saturated heterocycles. The standard InChI is InChI=1S/C18H32N2O3/c1-3-17(2)14-20(10-12-22-17)16(21)19-15-7-11-23-18(13-15)8-5-4-6-9-18/h15H,3-14H2,1-2H3,(H,19,21). The van der Waals surface area contributed by atoms with Crippen molar-refractivity contribution in [1.82, 2.24) is 10.2 Å². The minimum absolute atomic E-state index is 0.0391. The lowest BCUT2D eigenvalue weighted by molar-refractivity contribution is -0.109. The molecule has 1 saturated carbocycles. The van der Waals surface area contributed by atoms with Crippen LogP contribution in [0.5, 0.6) is 0 Å². The molecule has 5 heteroatoms. The van der Waals surface area contributed by atoms with E-state index in [1.807, 2.05) is 4.90 Å². The number of nitrogens with zero attached hydrogens (tertiary/aromatic N) is 1. The lowest BCUT2D eigenvalue weighted by Gasteiger charge is -2.45. The number of carbonyl (C=O) groups excluding carboxylic acids is 1. The fraction of sp³-hybridized carbons (Fsp3) is 0.944. The highest BCUT2D eigenvalue weighted by Gasteiger charge is 2.40. The Labute approximate surface area is 140 Å². The topological polar surface area (TPSA) is 50.8 Å².